The molecule has 1 aromatic heterocycles. The van der Waals surface area contributed by atoms with Gasteiger partial charge in [-0.05, 0) is 29.3 Å². The summed E-state index contributed by atoms with van der Waals surface area (Å²) < 4.78 is 9.02. The Morgan fingerprint density at radius 2 is 2.40 bits per heavy atom. The van der Waals surface area contributed by atoms with Gasteiger partial charge in [-0.2, -0.15) is 16.9 Å². The Kier molecular flexibility index (Phi) is 6.35. The first-order valence-electron chi connectivity index (χ1n) is 7.10. The molecular formula is C13H23BrN4OS. The molecule has 5 nitrogen and oxygen atoms in total. The number of nitrogens with zero attached hydrogens (tertiary/aromatic N) is 2. The van der Waals surface area contributed by atoms with Gasteiger partial charge in [0.25, 0.3) is 0 Å². The van der Waals surface area contributed by atoms with Crippen molar-refractivity contribution in [3.63, 3.8) is 0 Å². The maximum atomic E-state index is 5.84. The van der Waals surface area contributed by atoms with Gasteiger partial charge in [-0.15, -0.1) is 0 Å². The Balaban J connectivity index is 2.15. The molecule has 1 aliphatic rings. The largest absolute Gasteiger partial charge is 0.375 e. The molecule has 3 N–H and O–H groups in total. The quantitative estimate of drug-likeness (QED) is 0.595. The van der Waals surface area contributed by atoms with Crippen molar-refractivity contribution in [2.24, 2.45) is 5.84 Å². The summed E-state index contributed by atoms with van der Waals surface area (Å²) in [6.45, 7) is 5.91. The zero-order valence-electron chi connectivity index (χ0n) is 12.1. The number of rotatable bonds is 6. The van der Waals surface area contributed by atoms with Crippen molar-refractivity contribution >= 4 is 27.7 Å². The highest BCUT2D eigenvalue weighted by atomic mass is 79.9. The van der Waals surface area contributed by atoms with Gasteiger partial charge in [0.05, 0.1) is 34.6 Å². The normalized spacial score (nSPS) is 21.1. The van der Waals surface area contributed by atoms with Crippen LogP contribution in [-0.2, 0) is 24.1 Å². The number of aromatic nitrogens is 2. The molecule has 0 saturated carbocycles. The lowest BCUT2D eigenvalue weighted by Gasteiger charge is -2.29. The Morgan fingerprint density at radius 3 is 2.95 bits per heavy atom. The van der Waals surface area contributed by atoms with Gasteiger partial charge >= 0.3 is 0 Å². The summed E-state index contributed by atoms with van der Waals surface area (Å²) in [6.07, 6.45) is 1.91. The Labute approximate surface area is 133 Å². The van der Waals surface area contributed by atoms with Gasteiger partial charge in [0.1, 0.15) is 0 Å². The first-order chi connectivity index (χ1) is 9.71. The molecule has 2 unspecified atom stereocenters. The third-order valence-electron chi connectivity index (χ3n) is 3.61. The number of ether oxygens (including phenoxy) is 1. The van der Waals surface area contributed by atoms with Gasteiger partial charge in [0.15, 0.2) is 0 Å². The highest BCUT2D eigenvalue weighted by molar-refractivity contribution is 9.10. The number of nitrogens with one attached hydrogen (secondary N) is 1. The zero-order chi connectivity index (χ0) is 14.5. The Morgan fingerprint density at radius 1 is 1.60 bits per heavy atom. The van der Waals surface area contributed by atoms with Crippen LogP contribution in [0, 0.1) is 0 Å². The Hall–Kier alpha value is -0.0800. The predicted octanol–water partition coefficient (Wildman–Crippen LogP) is 1.73. The van der Waals surface area contributed by atoms with E-state index >= 15 is 0 Å². The molecule has 0 radical (unpaired) electrons. The van der Waals surface area contributed by atoms with Crippen molar-refractivity contribution in [1.82, 2.24) is 15.2 Å². The number of hydrogen-bond acceptors (Lipinski definition) is 5. The van der Waals surface area contributed by atoms with Crippen LogP contribution in [-0.4, -0.2) is 40.0 Å². The van der Waals surface area contributed by atoms with Gasteiger partial charge < -0.3 is 4.74 Å². The van der Waals surface area contributed by atoms with Crippen LogP contribution in [0.2, 0.25) is 0 Å². The van der Waals surface area contributed by atoms with Crippen LogP contribution in [0.25, 0.3) is 0 Å². The lowest BCUT2D eigenvalue weighted by molar-refractivity contribution is 0.0466. The van der Waals surface area contributed by atoms with E-state index in [1.54, 1.807) is 0 Å². The second kappa shape index (κ2) is 7.79. The van der Waals surface area contributed by atoms with E-state index in [-0.39, 0.29) is 12.1 Å². The van der Waals surface area contributed by atoms with Crippen LogP contribution in [0.4, 0.5) is 0 Å². The van der Waals surface area contributed by atoms with Crippen LogP contribution in [0.3, 0.4) is 0 Å². The van der Waals surface area contributed by atoms with E-state index < -0.39 is 0 Å². The number of hydrazine groups is 1. The van der Waals surface area contributed by atoms with Crippen LogP contribution >= 0.6 is 27.7 Å². The van der Waals surface area contributed by atoms with Crippen molar-refractivity contribution in [3.05, 3.63) is 15.9 Å². The number of nitrogens with two attached hydrogens (primary N) is 1. The van der Waals surface area contributed by atoms with Crippen molar-refractivity contribution in [2.45, 2.75) is 45.4 Å². The fraction of sp³-hybridized carbons (Fsp3) is 0.769. The van der Waals surface area contributed by atoms with Crippen LogP contribution in [0.5, 0.6) is 0 Å². The molecule has 7 heteroatoms. The molecule has 2 atom stereocenters. The zero-order valence-corrected chi connectivity index (χ0v) is 14.5. The molecule has 0 aromatic carbocycles. The fourth-order valence-corrected chi connectivity index (χ4v) is 4.12. The molecule has 20 heavy (non-hydrogen) atoms. The summed E-state index contributed by atoms with van der Waals surface area (Å²) in [5.74, 6) is 7.82. The summed E-state index contributed by atoms with van der Waals surface area (Å²) >= 11 is 5.61. The van der Waals surface area contributed by atoms with E-state index in [2.05, 4.69) is 45.0 Å². The molecule has 2 heterocycles. The average molecular weight is 363 g/mol. The van der Waals surface area contributed by atoms with E-state index in [9.17, 15) is 0 Å². The summed E-state index contributed by atoms with van der Waals surface area (Å²) in [5.41, 5.74) is 5.23. The van der Waals surface area contributed by atoms with Gasteiger partial charge in [-0.25, -0.2) is 0 Å². The first kappa shape index (κ1) is 16.3. The summed E-state index contributed by atoms with van der Waals surface area (Å²) in [7, 11) is 0. The average Bonchev–Trinajstić information content (AvgIpc) is 2.81. The van der Waals surface area contributed by atoms with Gasteiger partial charge in [-0.3, -0.25) is 16.0 Å². The standard InChI is InChI=1S/C13H23BrN4OS/c1-3-9-13(14)11(18(4-2)17-9)7-10(16-15)12-8-20-6-5-19-12/h10,12,16H,3-8,15H2,1-2H3. The van der Waals surface area contributed by atoms with Crippen molar-refractivity contribution in [1.29, 1.82) is 0 Å². The van der Waals surface area contributed by atoms with Gasteiger partial charge in [0, 0.05) is 24.5 Å². The number of thioether (sulfide) groups is 1. The van der Waals surface area contributed by atoms with E-state index in [0.717, 1.165) is 47.7 Å². The molecule has 114 valence electrons. The predicted molar refractivity (Wildman–Crippen MR) is 86.9 cm³/mol. The number of hydrogen-bond donors (Lipinski definition) is 2. The lowest BCUT2D eigenvalue weighted by atomic mass is 10.1. The summed E-state index contributed by atoms with van der Waals surface area (Å²) in [5, 5.41) is 4.63. The van der Waals surface area contributed by atoms with E-state index in [4.69, 9.17) is 10.6 Å². The fourth-order valence-electron chi connectivity index (χ4n) is 2.46. The summed E-state index contributed by atoms with van der Waals surface area (Å²) in [4.78, 5) is 0. The van der Waals surface area contributed by atoms with Crippen LogP contribution in [0.15, 0.2) is 4.47 Å². The lowest BCUT2D eigenvalue weighted by Crippen LogP contribution is -2.49. The third kappa shape index (κ3) is 3.57. The molecule has 0 aliphatic carbocycles. The molecule has 1 aromatic rings. The smallest absolute Gasteiger partial charge is 0.0835 e. The van der Waals surface area contributed by atoms with Crippen LogP contribution < -0.4 is 11.3 Å². The minimum atomic E-state index is 0.116. The monoisotopic (exact) mass is 362 g/mol. The number of aryl methyl sites for hydroxylation is 2. The summed E-state index contributed by atoms with van der Waals surface area (Å²) in [6, 6.07) is 0.116. The molecule has 0 amide bonds. The van der Waals surface area contributed by atoms with E-state index in [1.165, 1.54) is 5.69 Å². The van der Waals surface area contributed by atoms with E-state index in [1.807, 2.05) is 11.8 Å². The topological polar surface area (TPSA) is 65.1 Å². The maximum absolute atomic E-state index is 5.84. The maximum Gasteiger partial charge on any atom is 0.0835 e. The number of halogens is 1. The minimum Gasteiger partial charge on any atom is -0.375 e. The molecule has 0 spiro atoms. The van der Waals surface area contributed by atoms with E-state index in [0.29, 0.717) is 0 Å². The molecule has 1 aliphatic heterocycles. The van der Waals surface area contributed by atoms with Gasteiger partial charge in [-0.1, -0.05) is 6.92 Å². The van der Waals surface area contributed by atoms with Gasteiger partial charge in [0.2, 0.25) is 0 Å². The highest BCUT2D eigenvalue weighted by Gasteiger charge is 2.27. The SMILES string of the molecule is CCc1nn(CC)c(CC(NN)C2CSCCO2)c1Br. The molecule has 1 saturated heterocycles. The second-order valence-corrected chi connectivity index (χ2v) is 6.78. The Bertz CT molecular complexity index is 434. The van der Waals surface area contributed by atoms with Crippen molar-refractivity contribution in [2.75, 3.05) is 18.1 Å². The van der Waals surface area contributed by atoms with Crippen molar-refractivity contribution in [3.8, 4) is 0 Å². The molecular weight excluding hydrogens is 340 g/mol. The third-order valence-corrected chi connectivity index (χ3v) is 5.55. The minimum absolute atomic E-state index is 0.116. The van der Waals surface area contributed by atoms with Crippen molar-refractivity contribution < 1.29 is 4.74 Å². The first-order valence-corrected chi connectivity index (χ1v) is 9.05. The molecule has 1 fully saturated rings. The van der Waals surface area contributed by atoms with Crippen LogP contribution in [0.1, 0.15) is 25.2 Å². The second-order valence-electron chi connectivity index (χ2n) is 4.84. The molecule has 0 bridgehead atoms. The molecule has 2 rings (SSSR count). The highest BCUT2D eigenvalue weighted by Crippen LogP contribution is 2.25.